The van der Waals surface area contributed by atoms with Gasteiger partial charge in [-0.2, -0.15) is 0 Å². The molecule has 1 rings (SSSR count). The molecular formula is C12H12ClFO4. The Balaban J connectivity index is 2.45. The zero-order valence-electron chi connectivity index (χ0n) is 9.74. The third kappa shape index (κ3) is 4.71. The Kier molecular flexibility index (Phi) is 5.58. The maximum absolute atomic E-state index is 12.7. The fraction of sp³-hybridized carbons (Fsp3) is 0.333. The summed E-state index contributed by atoms with van der Waals surface area (Å²) in [5.41, 5.74) is 0. The molecule has 98 valence electrons. The van der Waals surface area contributed by atoms with Gasteiger partial charge in [0, 0.05) is 0 Å². The Morgan fingerprint density at radius 2 is 2.11 bits per heavy atom. The molecule has 4 nitrogen and oxygen atoms in total. The van der Waals surface area contributed by atoms with Crippen LogP contribution in [0.1, 0.15) is 13.3 Å². The van der Waals surface area contributed by atoms with Gasteiger partial charge in [-0.05, 0) is 25.1 Å². The molecule has 0 amide bonds. The highest BCUT2D eigenvalue weighted by atomic mass is 35.5. The van der Waals surface area contributed by atoms with Gasteiger partial charge in [-0.3, -0.25) is 9.59 Å². The number of halogens is 2. The zero-order chi connectivity index (χ0) is 13.5. The number of hydrogen-bond donors (Lipinski definition) is 0. The van der Waals surface area contributed by atoms with Gasteiger partial charge in [0.05, 0.1) is 11.6 Å². The van der Waals surface area contributed by atoms with Crippen molar-refractivity contribution in [3.8, 4) is 5.75 Å². The average Bonchev–Trinajstić information content (AvgIpc) is 2.28. The summed E-state index contributed by atoms with van der Waals surface area (Å²) < 4.78 is 22.4. The minimum atomic E-state index is -0.601. The molecule has 0 heterocycles. The van der Waals surface area contributed by atoms with Gasteiger partial charge in [-0.25, -0.2) is 4.39 Å². The molecule has 0 aliphatic rings. The van der Waals surface area contributed by atoms with Crippen molar-refractivity contribution in [2.75, 3.05) is 13.2 Å². The standard InChI is InChI=1S/C12H12ClFO4/c1-2-17-12(16)6-9(15)7-18-11-4-3-8(14)5-10(11)13/h3-5H,2,6-7H2,1H3. The van der Waals surface area contributed by atoms with E-state index in [4.69, 9.17) is 16.3 Å². The number of ether oxygens (including phenoxy) is 2. The SMILES string of the molecule is CCOC(=O)CC(=O)COc1ccc(F)cc1Cl. The summed E-state index contributed by atoms with van der Waals surface area (Å²) in [5.74, 6) is -1.34. The van der Waals surface area contributed by atoms with E-state index < -0.39 is 17.6 Å². The number of Topliss-reactive ketones (excluding diaryl/α,β-unsaturated/α-hetero) is 1. The maximum Gasteiger partial charge on any atom is 0.313 e. The summed E-state index contributed by atoms with van der Waals surface area (Å²) in [6.07, 6.45) is -0.355. The summed E-state index contributed by atoms with van der Waals surface area (Å²) in [6.45, 7) is 1.55. The van der Waals surface area contributed by atoms with Crippen LogP contribution in [-0.4, -0.2) is 25.0 Å². The second-order valence-corrected chi connectivity index (χ2v) is 3.79. The lowest BCUT2D eigenvalue weighted by Gasteiger charge is -2.07. The predicted octanol–water partition coefficient (Wildman–Crippen LogP) is 2.38. The van der Waals surface area contributed by atoms with E-state index in [9.17, 15) is 14.0 Å². The van der Waals surface area contributed by atoms with Crippen LogP contribution < -0.4 is 4.74 Å². The summed E-state index contributed by atoms with van der Waals surface area (Å²) >= 11 is 5.70. The van der Waals surface area contributed by atoms with E-state index in [0.29, 0.717) is 0 Å². The number of hydrogen-bond acceptors (Lipinski definition) is 4. The van der Waals surface area contributed by atoms with Crippen LogP contribution >= 0.6 is 11.6 Å². The molecule has 0 bridgehead atoms. The van der Waals surface area contributed by atoms with Crippen LogP contribution in [0, 0.1) is 5.82 Å². The van der Waals surface area contributed by atoms with E-state index in [-0.39, 0.29) is 30.4 Å². The van der Waals surface area contributed by atoms with Crippen molar-refractivity contribution < 1.29 is 23.5 Å². The van der Waals surface area contributed by atoms with Crippen molar-refractivity contribution in [3.05, 3.63) is 29.0 Å². The fourth-order valence-corrected chi connectivity index (χ4v) is 1.40. The van der Waals surface area contributed by atoms with Gasteiger partial charge in [-0.1, -0.05) is 11.6 Å². The summed E-state index contributed by atoms with van der Waals surface area (Å²) in [6, 6.07) is 3.55. The van der Waals surface area contributed by atoms with Crippen molar-refractivity contribution in [1.82, 2.24) is 0 Å². The molecule has 0 spiro atoms. The van der Waals surface area contributed by atoms with Crippen LogP contribution in [0.25, 0.3) is 0 Å². The Hall–Kier alpha value is -1.62. The molecule has 1 aromatic carbocycles. The van der Waals surface area contributed by atoms with Crippen LogP contribution in [0.5, 0.6) is 5.75 Å². The molecule has 0 radical (unpaired) electrons. The lowest BCUT2D eigenvalue weighted by atomic mass is 10.3. The first kappa shape index (κ1) is 14.4. The smallest absolute Gasteiger partial charge is 0.313 e. The molecule has 18 heavy (non-hydrogen) atoms. The van der Waals surface area contributed by atoms with Crippen LogP contribution in [-0.2, 0) is 14.3 Å². The van der Waals surface area contributed by atoms with Gasteiger partial charge in [0.15, 0.2) is 5.78 Å². The van der Waals surface area contributed by atoms with Crippen molar-refractivity contribution >= 4 is 23.4 Å². The van der Waals surface area contributed by atoms with Crippen molar-refractivity contribution in [2.45, 2.75) is 13.3 Å². The highest BCUT2D eigenvalue weighted by Gasteiger charge is 2.12. The topological polar surface area (TPSA) is 52.6 Å². The molecule has 1 aromatic rings. The Morgan fingerprint density at radius 3 is 2.72 bits per heavy atom. The van der Waals surface area contributed by atoms with Crippen molar-refractivity contribution in [3.63, 3.8) is 0 Å². The molecular weight excluding hydrogens is 263 g/mol. The third-order valence-electron chi connectivity index (χ3n) is 1.93. The number of carbonyl (C=O) groups is 2. The van der Waals surface area contributed by atoms with Gasteiger partial charge in [0.2, 0.25) is 0 Å². The van der Waals surface area contributed by atoms with E-state index in [1.54, 1.807) is 6.92 Å². The first-order chi connectivity index (χ1) is 8.52. The molecule has 0 aromatic heterocycles. The number of esters is 1. The fourth-order valence-electron chi connectivity index (χ4n) is 1.17. The molecule has 0 N–H and O–H groups in total. The second-order valence-electron chi connectivity index (χ2n) is 3.38. The predicted molar refractivity (Wildman–Crippen MR) is 63.2 cm³/mol. The third-order valence-corrected chi connectivity index (χ3v) is 2.22. The highest BCUT2D eigenvalue weighted by molar-refractivity contribution is 6.32. The zero-order valence-corrected chi connectivity index (χ0v) is 10.5. The maximum atomic E-state index is 12.7. The van der Waals surface area contributed by atoms with Gasteiger partial charge in [-0.15, -0.1) is 0 Å². The van der Waals surface area contributed by atoms with Crippen LogP contribution in [0.15, 0.2) is 18.2 Å². The first-order valence-electron chi connectivity index (χ1n) is 5.28. The molecule has 0 aliphatic carbocycles. The van der Waals surface area contributed by atoms with E-state index in [0.717, 1.165) is 12.1 Å². The molecule has 0 fully saturated rings. The van der Waals surface area contributed by atoms with E-state index in [1.807, 2.05) is 0 Å². The summed E-state index contributed by atoms with van der Waals surface area (Å²) in [7, 11) is 0. The number of ketones is 1. The monoisotopic (exact) mass is 274 g/mol. The molecule has 0 saturated heterocycles. The molecule has 0 atom stereocenters. The summed E-state index contributed by atoms with van der Waals surface area (Å²) in [4.78, 5) is 22.3. The van der Waals surface area contributed by atoms with Crippen molar-refractivity contribution in [1.29, 1.82) is 0 Å². The lowest BCUT2D eigenvalue weighted by molar-refractivity contribution is -0.145. The number of rotatable bonds is 6. The van der Waals surface area contributed by atoms with Crippen LogP contribution in [0.3, 0.4) is 0 Å². The quantitative estimate of drug-likeness (QED) is 0.590. The average molecular weight is 275 g/mol. The minimum Gasteiger partial charge on any atom is -0.484 e. The molecule has 6 heteroatoms. The van der Waals surface area contributed by atoms with E-state index >= 15 is 0 Å². The van der Waals surface area contributed by atoms with Crippen molar-refractivity contribution in [2.24, 2.45) is 0 Å². The number of benzene rings is 1. The Bertz CT molecular complexity index is 448. The lowest BCUT2D eigenvalue weighted by Crippen LogP contribution is -2.17. The Morgan fingerprint density at radius 1 is 1.39 bits per heavy atom. The molecule has 0 unspecified atom stereocenters. The van der Waals surface area contributed by atoms with E-state index in [2.05, 4.69) is 4.74 Å². The first-order valence-corrected chi connectivity index (χ1v) is 5.66. The van der Waals surface area contributed by atoms with Gasteiger partial charge in [0.25, 0.3) is 0 Å². The van der Waals surface area contributed by atoms with Crippen LogP contribution in [0.4, 0.5) is 4.39 Å². The number of carbonyl (C=O) groups excluding carboxylic acids is 2. The van der Waals surface area contributed by atoms with Crippen LogP contribution in [0.2, 0.25) is 5.02 Å². The highest BCUT2D eigenvalue weighted by Crippen LogP contribution is 2.24. The summed E-state index contributed by atoms with van der Waals surface area (Å²) in [5, 5.41) is 0.0685. The second kappa shape index (κ2) is 6.96. The largest absolute Gasteiger partial charge is 0.484 e. The van der Waals surface area contributed by atoms with Gasteiger partial charge >= 0.3 is 5.97 Å². The van der Waals surface area contributed by atoms with Gasteiger partial charge < -0.3 is 9.47 Å². The normalized spacial score (nSPS) is 9.94. The molecule has 0 aliphatic heterocycles. The van der Waals surface area contributed by atoms with Gasteiger partial charge in [0.1, 0.15) is 24.6 Å². The molecule has 0 saturated carbocycles. The van der Waals surface area contributed by atoms with E-state index in [1.165, 1.54) is 6.07 Å². The Labute approximate surface area is 109 Å². The minimum absolute atomic E-state index is 0.0685.